The van der Waals surface area contributed by atoms with Crippen molar-refractivity contribution in [3.05, 3.63) is 71.3 Å². The van der Waals surface area contributed by atoms with Crippen LogP contribution in [0.1, 0.15) is 60.0 Å². The Morgan fingerprint density at radius 1 is 0.882 bits per heavy atom. The Morgan fingerprint density at radius 3 is 2.29 bits per heavy atom. The van der Waals surface area contributed by atoms with E-state index in [2.05, 4.69) is 34.1 Å². The average molecular weight is 460 g/mol. The number of nitrogens with zero attached hydrogens (tertiary/aromatic N) is 3. The van der Waals surface area contributed by atoms with Gasteiger partial charge in [0, 0.05) is 56.8 Å². The maximum Gasteiger partial charge on any atom is 0.254 e. The van der Waals surface area contributed by atoms with Crippen LogP contribution < -0.4 is 0 Å². The minimum absolute atomic E-state index is 0.163. The normalized spacial score (nSPS) is 21.6. The van der Waals surface area contributed by atoms with Crippen molar-refractivity contribution >= 4 is 11.8 Å². The molecule has 3 aliphatic rings. The number of piperidine rings is 1. The summed E-state index contributed by atoms with van der Waals surface area (Å²) in [4.78, 5) is 33.0. The first-order valence-electron chi connectivity index (χ1n) is 13.0. The largest absolute Gasteiger partial charge is 0.339 e. The lowest BCUT2D eigenvalue weighted by atomic mass is 10.0. The fourth-order valence-corrected chi connectivity index (χ4v) is 5.66. The van der Waals surface area contributed by atoms with Crippen molar-refractivity contribution < 1.29 is 9.59 Å². The fraction of sp³-hybridized carbons (Fsp3) is 0.517. The lowest BCUT2D eigenvalue weighted by molar-refractivity contribution is -0.134. The molecule has 180 valence electrons. The van der Waals surface area contributed by atoms with E-state index in [-0.39, 0.29) is 11.9 Å². The Morgan fingerprint density at radius 2 is 1.59 bits per heavy atom. The second kappa shape index (κ2) is 10.3. The zero-order chi connectivity index (χ0) is 23.5. The second-order valence-corrected chi connectivity index (χ2v) is 10.4. The van der Waals surface area contributed by atoms with Gasteiger partial charge >= 0.3 is 0 Å². The van der Waals surface area contributed by atoms with Gasteiger partial charge in [0.25, 0.3) is 5.91 Å². The first-order valence-corrected chi connectivity index (χ1v) is 13.0. The summed E-state index contributed by atoms with van der Waals surface area (Å²) in [5, 5.41) is 0. The molecule has 0 unspecified atom stereocenters. The van der Waals surface area contributed by atoms with Crippen LogP contribution in [0.25, 0.3) is 0 Å². The summed E-state index contributed by atoms with van der Waals surface area (Å²) in [6.45, 7) is 6.35. The highest BCUT2D eigenvalue weighted by Crippen LogP contribution is 2.34. The van der Waals surface area contributed by atoms with Crippen LogP contribution >= 0.6 is 0 Å². The molecule has 0 N–H and O–H groups in total. The summed E-state index contributed by atoms with van der Waals surface area (Å²) in [5.41, 5.74) is 3.09. The Hall–Kier alpha value is -2.66. The lowest BCUT2D eigenvalue weighted by Gasteiger charge is -2.37. The highest BCUT2D eigenvalue weighted by molar-refractivity contribution is 5.95. The van der Waals surface area contributed by atoms with E-state index in [1.165, 1.54) is 18.4 Å². The van der Waals surface area contributed by atoms with Crippen LogP contribution in [0, 0.1) is 12.8 Å². The summed E-state index contributed by atoms with van der Waals surface area (Å²) >= 11 is 0. The molecule has 5 nitrogen and oxygen atoms in total. The van der Waals surface area contributed by atoms with Crippen molar-refractivity contribution in [2.75, 3.05) is 26.2 Å². The first kappa shape index (κ1) is 23.1. The smallest absolute Gasteiger partial charge is 0.254 e. The van der Waals surface area contributed by atoms with Gasteiger partial charge in [0.1, 0.15) is 0 Å². The van der Waals surface area contributed by atoms with Gasteiger partial charge in [0.2, 0.25) is 5.91 Å². The third kappa shape index (κ3) is 5.35. The first-order chi connectivity index (χ1) is 16.6. The molecule has 2 saturated heterocycles. The summed E-state index contributed by atoms with van der Waals surface area (Å²) in [7, 11) is 0. The maximum atomic E-state index is 13.2. The van der Waals surface area contributed by atoms with Gasteiger partial charge in [-0.1, -0.05) is 48.5 Å². The molecule has 34 heavy (non-hydrogen) atoms. The molecule has 1 atom stereocenters. The number of benzene rings is 2. The van der Waals surface area contributed by atoms with Crippen LogP contribution in [-0.2, 0) is 11.3 Å². The SMILES string of the molecule is Cc1ccccc1C(=O)N1CCC(N2CC[C@@H](N(Cc3ccccc3)C(=O)CC3CC3)C2)CC1. The van der Waals surface area contributed by atoms with E-state index < -0.39 is 0 Å². The van der Waals surface area contributed by atoms with Crippen molar-refractivity contribution in [1.82, 2.24) is 14.7 Å². The molecule has 0 aromatic heterocycles. The molecule has 5 heteroatoms. The number of rotatable bonds is 7. The summed E-state index contributed by atoms with van der Waals surface area (Å²) < 4.78 is 0. The van der Waals surface area contributed by atoms with Gasteiger partial charge in [-0.3, -0.25) is 14.5 Å². The van der Waals surface area contributed by atoms with E-state index in [0.29, 0.717) is 30.8 Å². The molecule has 0 spiro atoms. The van der Waals surface area contributed by atoms with Gasteiger partial charge in [0.05, 0.1) is 0 Å². The Kier molecular flexibility index (Phi) is 7.00. The molecule has 3 fully saturated rings. The van der Waals surface area contributed by atoms with Crippen molar-refractivity contribution in [2.45, 2.75) is 64.1 Å². The van der Waals surface area contributed by atoms with E-state index >= 15 is 0 Å². The molecule has 5 rings (SSSR count). The molecule has 1 aliphatic carbocycles. The zero-order valence-corrected chi connectivity index (χ0v) is 20.4. The van der Waals surface area contributed by atoms with Crippen LogP contribution in [0.15, 0.2) is 54.6 Å². The number of carbonyl (C=O) groups is 2. The molecule has 2 heterocycles. The van der Waals surface area contributed by atoms with Crippen LogP contribution in [0.5, 0.6) is 0 Å². The number of likely N-dealkylation sites (tertiary alicyclic amines) is 2. The van der Waals surface area contributed by atoms with Crippen LogP contribution in [-0.4, -0.2) is 64.8 Å². The quantitative estimate of drug-likeness (QED) is 0.612. The zero-order valence-electron chi connectivity index (χ0n) is 20.4. The average Bonchev–Trinajstić information content (AvgIpc) is 3.55. The number of hydrogen-bond donors (Lipinski definition) is 0. The molecule has 2 amide bonds. The second-order valence-electron chi connectivity index (χ2n) is 10.4. The molecular formula is C29H37N3O2. The number of aryl methyl sites for hydroxylation is 1. The monoisotopic (exact) mass is 459 g/mol. The Labute approximate surface area is 203 Å². The Bertz CT molecular complexity index is 995. The summed E-state index contributed by atoms with van der Waals surface area (Å²) in [5.74, 6) is 1.10. The predicted molar refractivity (Wildman–Crippen MR) is 134 cm³/mol. The predicted octanol–water partition coefficient (Wildman–Crippen LogP) is 4.50. The van der Waals surface area contributed by atoms with E-state index in [1.807, 2.05) is 42.2 Å². The highest BCUT2D eigenvalue weighted by Gasteiger charge is 2.37. The van der Waals surface area contributed by atoms with E-state index in [0.717, 1.165) is 56.6 Å². The standard InChI is InChI=1S/C29H37N3O2/c1-22-7-5-6-10-27(22)29(34)30-16-13-25(14-17-30)31-18-15-26(21-31)32(28(33)19-23-11-12-23)20-24-8-3-2-4-9-24/h2-10,23,25-26H,11-21H2,1H3/t26-/m1/s1. The van der Waals surface area contributed by atoms with Crippen LogP contribution in [0.2, 0.25) is 0 Å². The molecule has 2 aromatic rings. The van der Waals surface area contributed by atoms with E-state index in [9.17, 15) is 9.59 Å². The minimum atomic E-state index is 0.163. The van der Waals surface area contributed by atoms with E-state index in [4.69, 9.17) is 0 Å². The van der Waals surface area contributed by atoms with Gasteiger partial charge < -0.3 is 9.80 Å². The number of carbonyl (C=O) groups excluding carboxylic acids is 2. The molecule has 2 aromatic carbocycles. The van der Waals surface area contributed by atoms with Crippen LogP contribution in [0.3, 0.4) is 0 Å². The Balaban J connectivity index is 1.18. The maximum absolute atomic E-state index is 13.2. The van der Waals surface area contributed by atoms with E-state index in [1.54, 1.807) is 0 Å². The number of amides is 2. The van der Waals surface area contributed by atoms with Gasteiger partial charge in [-0.2, -0.15) is 0 Å². The summed E-state index contributed by atoms with van der Waals surface area (Å²) in [6.07, 6.45) is 6.20. The van der Waals surface area contributed by atoms with Gasteiger partial charge in [0.15, 0.2) is 0 Å². The van der Waals surface area contributed by atoms with Crippen molar-refractivity contribution in [1.29, 1.82) is 0 Å². The molecule has 0 radical (unpaired) electrons. The number of hydrogen-bond acceptors (Lipinski definition) is 3. The van der Waals surface area contributed by atoms with Crippen molar-refractivity contribution in [3.8, 4) is 0 Å². The summed E-state index contributed by atoms with van der Waals surface area (Å²) in [6, 6.07) is 19.1. The molecule has 2 aliphatic heterocycles. The minimum Gasteiger partial charge on any atom is -0.339 e. The highest BCUT2D eigenvalue weighted by atomic mass is 16.2. The fourth-order valence-electron chi connectivity index (χ4n) is 5.66. The molecule has 1 saturated carbocycles. The van der Waals surface area contributed by atoms with Crippen LogP contribution in [0.4, 0.5) is 0 Å². The topological polar surface area (TPSA) is 43.9 Å². The van der Waals surface area contributed by atoms with Crippen molar-refractivity contribution in [2.24, 2.45) is 5.92 Å². The van der Waals surface area contributed by atoms with Gasteiger partial charge in [-0.25, -0.2) is 0 Å². The third-order valence-corrected chi connectivity index (χ3v) is 7.96. The molecule has 0 bridgehead atoms. The van der Waals surface area contributed by atoms with Crippen molar-refractivity contribution in [3.63, 3.8) is 0 Å². The van der Waals surface area contributed by atoms with Gasteiger partial charge in [-0.05, 0) is 62.1 Å². The molecular weight excluding hydrogens is 422 g/mol. The third-order valence-electron chi connectivity index (χ3n) is 7.96. The van der Waals surface area contributed by atoms with Gasteiger partial charge in [-0.15, -0.1) is 0 Å². The lowest BCUT2D eigenvalue weighted by Crippen LogP contribution is -2.47.